The van der Waals surface area contributed by atoms with Crippen molar-refractivity contribution in [2.24, 2.45) is 0 Å². The van der Waals surface area contributed by atoms with Crippen molar-refractivity contribution < 1.29 is 27.6 Å². The number of carbonyl (C=O) groups is 3. The number of halogens is 3. The molecule has 35 heavy (non-hydrogen) atoms. The van der Waals surface area contributed by atoms with Crippen LogP contribution in [0.4, 0.5) is 35.3 Å². The molecular formula is C22H24F3N7O3. The number of aromatic nitrogens is 2. The summed E-state index contributed by atoms with van der Waals surface area (Å²) in [4.78, 5) is 49.6. The monoisotopic (exact) mass is 491 g/mol. The van der Waals surface area contributed by atoms with Gasteiger partial charge in [-0.05, 0) is 44.5 Å². The Morgan fingerprint density at radius 2 is 1.97 bits per heavy atom. The molecule has 4 heterocycles. The minimum atomic E-state index is -4.60. The van der Waals surface area contributed by atoms with E-state index in [2.05, 4.69) is 20.6 Å². The highest BCUT2D eigenvalue weighted by molar-refractivity contribution is 6.05. The number of nitrogens with one attached hydrogen (secondary N) is 3. The Bertz CT molecular complexity index is 1160. The van der Waals surface area contributed by atoms with Crippen LogP contribution in [0.2, 0.25) is 0 Å². The van der Waals surface area contributed by atoms with E-state index in [1.807, 2.05) is 10.2 Å². The summed E-state index contributed by atoms with van der Waals surface area (Å²) in [6, 6.07) is 2.97. The van der Waals surface area contributed by atoms with Crippen LogP contribution in [0.1, 0.15) is 41.1 Å². The van der Waals surface area contributed by atoms with E-state index in [1.54, 1.807) is 13.0 Å². The number of nitrogens with zero attached hydrogens (tertiary/aromatic N) is 4. The third-order valence-corrected chi connectivity index (χ3v) is 5.84. The minimum Gasteiger partial charge on any atom is -0.366 e. The fourth-order valence-corrected chi connectivity index (χ4v) is 4.02. The zero-order valence-corrected chi connectivity index (χ0v) is 19.0. The molecule has 2 atom stereocenters. The number of hydrogen-bond donors (Lipinski definition) is 3. The average molecular weight is 491 g/mol. The molecule has 1 fully saturated rings. The van der Waals surface area contributed by atoms with E-state index in [1.165, 1.54) is 29.3 Å². The Labute approximate surface area is 198 Å². The highest BCUT2D eigenvalue weighted by Gasteiger charge is 2.41. The first-order valence-electron chi connectivity index (χ1n) is 11.1. The number of fused-ring (bicyclic) bond motifs is 4. The Hall–Kier alpha value is -3.90. The van der Waals surface area contributed by atoms with Crippen LogP contribution in [0, 0.1) is 0 Å². The van der Waals surface area contributed by atoms with Gasteiger partial charge < -0.3 is 15.5 Å². The zero-order chi connectivity index (χ0) is 25.3. The third-order valence-electron chi connectivity index (χ3n) is 5.84. The Balaban J connectivity index is 1.60. The fraction of sp³-hybridized carbons (Fsp3) is 0.409. The van der Waals surface area contributed by atoms with Gasteiger partial charge in [-0.2, -0.15) is 13.2 Å². The van der Waals surface area contributed by atoms with Crippen LogP contribution in [0.5, 0.6) is 0 Å². The standard InChI is InChI=1S/C22H24F3N7O3/c1-3-26-19(33)13-6-8-27-17(10-13)30-21(35)32-14-7-9-31(11-14)16-5-4-15(29-18(16)32)20(34)28-12(2)22(23,24)25/h4-6,8,10,12,14H,3,7,9,11H2,1-2H3,(H,26,33)(H,28,34)(H,27,30,35)/t12-,14+/m1/s1. The van der Waals surface area contributed by atoms with Crippen molar-refractivity contribution in [1.82, 2.24) is 20.6 Å². The lowest BCUT2D eigenvalue weighted by atomic mass is 10.1. The molecule has 1 saturated heterocycles. The maximum absolute atomic E-state index is 13.3. The molecule has 2 aromatic rings. The van der Waals surface area contributed by atoms with Gasteiger partial charge in [0.25, 0.3) is 11.8 Å². The van der Waals surface area contributed by atoms with Gasteiger partial charge in [0.2, 0.25) is 0 Å². The molecule has 186 valence electrons. The van der Waals surface area contributed by atoms with E-state index in [0.717, 1.165) is 6.92 Å². The third kappa shape index (κ3) is 4.98. The first kappa shape index (κ1) is 24.2. The first-order chi connectivity index (χ1) is 16.6. The van der Waals surface area contributed by atoms with Gasteiger partial charge in [0.1, 0.15) is 17.6 Å². The molecule has 0 spiro atoms. The van der Waals surface area contributed by atoms with Crippen molar-refractivity contribution in [1.29, 1.82) is 0 Å². The van der Waals surface area contributed by atoms with E-state index in [-0.39, 0.29) is 29.3 Å². The van der Waals surface area contributed by atoms with E-state index < -0.39 is 24.2 Å². The van der Waals surface area contributed by atoms with Crippen LogP contribution in [0.25, 0.3) is 0 Å². The largest absolute Gasteiger partial charge is 0.408 e. The Kier molecular flexibility index (Phi) is 6.50. The fourth-order valence-electron chi connectivity index (χ4n) is 4.02. The van der Waals surface area contributed by atoms with Gasteiger partial charge in [0, 0.05) is 31.4 Å². The van der Waals surface area contributed by atoms with Gasteiger partial charge in [-0.1, -0.05) is 0 Å². The summed E-state index contributed by atoms with van der Waals surface area (Å²) in [5, 5.41) is 7.21. The summed E-state index contributed by atoms with van der Waals surface area (Å²) in [6.45, 7) is 4.26. The maximum atomic E-state index is 13.3. The van der Waals surface area contributed by atoms with Crippen molar-refractivity contribution >= 4 is 35.2 Å². The molecule has 2 aliphatic rings. The summed E-state index contributed by atoms with van der Waals surface area (Å²) in [7, 11) is 0. The molecule has 0 aliphatic carbocycles. The lowest BCUT2D eigenvalue weighted by molar-refractivity contribution is -0.149. The Morgan fingerprint density at radius 3 is 2.69 bits per heavy atom. The molecular weight excluding hydrogens is 467 g/mol. The molecule has 0 unspecified atom stereocenters. The molecule has 4 amide bonds. The SMILES string of the molecule is CCNC(=O)c1ccnc(NC(=O)N2c3nc(C(=O)N[C@H](C)C(F)(F)F)ccc3N3CC[C@H]2C3)c1. The average Bonchev–Trinajstić information content (AvgIpc) is 3.22. The summed E-state index contributed by atoms with van der Waals surface area (Å²) >= 11 is 0. The van der Waals surface area contributed by atoms with Crippen molar-refractivity contribution in [3.8, 4) is 0 Å². The molecule has 0 saturated carbocycles. The van der Waals surface area contributed by atoms with Crippen molar-refractivity contribution in [2.75, 3.05) is 34.8 Å². The highest BCUT2D eigenvalue weighted by atomic mass is 19.4. The molecule has 13 heteroatoms. The van der Waals surface area contributed by atoms with Gasteiger partial charge >= 0.3 is 12.2 Å². The predicted octanol–water partition coefficient (Wildman–Crippen LogP) is 2.54. The number of pyridine rings is 2. The summed E-state index contributed by atoms with van der Waals surface area (Å²) < 4.78 is 38.6. The van der Waals surface area contributed by atoms with Crippen LogP contribution < -0.4 is 25.8 Å². The summed E-state index contributed by atoms with van der Waals surface area (Å²) in [6.07, 6.45) is -2.57. The van der Waals surface area contributed by atoms with Crippen LogP contribution in [0.15, 0.2) is 30.5 Å². The molecule has 3 N–H and O–H groups in total. The summed E-state index contributed by atoms with van der Waals surface area (Å²) in [5.74, 6) is -0.996. The first-order valence-corrected chi connectivity index (χ1v) is 11.1. The quantitative estimate of drug-likeness (QED) is 0.592. The lowest BCUT2D eigenvalue weighted by Gasteiger charge is -2.35. The van der Waals surface area contributed by atoms with Gasteiger partial charge in [-0.3, -0.25) is 19.8 Å². The van der Waals surface area contributed by atoms with Crippen LogP contribution in [0.3, 0.4) is 0 Å². The van der Waals surface area contributed by atoms with E-state index in [9.17, 15) is 27.6 Å². The second-order valence-corrected chi connectivity index (χ2v) is 8.25. The van der Waals surface area contributed by atoms with Gasteiger partial charge in [0.05, 0.1) is 11.7 Å². The minimum absolute atomic E-state index is 0.147. The zero-order valence-electron chi connectivity index (χ0n) is 19.0. The van der Waals surface area contributed by atoms with Crippen LogP contribution in [-0.2, 0) is 0 Å². The molecule has 0 radical (unpaired) electrons. The highest BCUT2D eigenvalue weighted by Crippen LogP contribution is 2.39. The molecule has 2 bridgehead atoms. The lowest BCUT2D eigenvalue weighted by Crippen LogP contribution is -2.49. The summed E-state index contributed by atoms with van der Waals surface area (Å²) in [5.41, 5.74) is 0.675. The number of carbonyl (C=O) groups excluding carboxylic acids is 3. The molecule has 10 nitrogen and oxygen atoms in total. The van der Waals surface area contributed by atoms with Crippen molar-refractivity contribution in [3.05, 3.63) is 41.7 Å². The van der Waals surface area contributed by atoms with E-state index in [4.69, 9.17) is 0 Å². The number of alkyl halides is 3. The van der Waals surface area contributed by atoms with Gasteiger partial charge in [0.15, 0.2) is 5.82 Å². The smallest absolute Gasteiger partial charge is 0.366 e. The van der Waals surface area contributed by atoms with E-state index >= 15 is 0 Å². The number of urea groups is 1. The normalized spacial score (nSPS) is 17.5. The predicted molar refractivity (Wildman–Crippen MR) is 122 cm³/mol. The van der Waals surface area contributed by atoms with Gasteiger partial charge in [-0.15, -0.1) is 0 Å². The maximum Gasteiger partial charge on any atom is 0.408 e. The Morgan fingerprint density at radius 1 is 1.20 bits per heavy atom. The second-order valence-electron chi connectivity index (χ2n) is 8.25. The molecule has 4 rings (SSSR count). The van der Waals surface area contributed by atoms with Crippen molar-refractivity contribution in [2.45, 2.75) is 38.5 Å². The van der Waals surface area contributed by atoms with Crippen LogP contribution >= 0.6 is 0 Å². The topological polar surface area (TPSA) is 120 Å². The van der Waals surface area contributed by atoms with Crippen LogP contribution in [-0.4, -0.2) is 65.7 Å². The van der Waals surface area contributed by atoms with Crippen molar-refractivity contribution in [3.63, 3.8) is 0 Å². The number of rotatable bonds is 5. The number of hydrogen-bond acceptors (Lipinski definition) is 6. The number of anilines is 3. The van der Waals surface area contributed by atoms with E-state index in [0.29, 0.717) is 37.3 Å². The molecule has 2 aliphatic heterocycles. The molecule has 0 aromatic carbocycles. The molecule has 2 aromatic heterocycles. The van der Waals surface area contributed by atoms with Gasteiger partial charge in [-0.25, -0.2) is 14.8 Å². The number of amides is 4. The second kappa shape index (κ2) is 9.39.